The van der Waals surface area contributed by atoms with E-state index in [-0.39, 0.29) is 32.7 Å². The monoisotopic (exact) mass is 534 g/mol. The van der Waals surface area contributed by atoms with E-state index in [9.17, 15) is 45.6 Å². The van der Waals surface area contributed by atoms with Crippen molar-refractivity contribution in [2.24, 2.45) is 0 Å². The number of amides is 1. The highest BCUT2D eigenvalue weighted by Crippen LogP contribution is 2.35. The van der Waals surface area contributed by atoms with Crippen LogP contribution in [0.5, 0.6) is 5.88 Å². The number of carboxylic acid groups (broad SMARTS) is 1. The van der Waals surface area contributed by atoms with Crippen LogP contribution < -0.4 is 4.74 Å². The van der Waals surface area contributed by atoms with Gasteiger partial charge in [0.2, 0.25) is 5.88 Å². The average Bonchev–Trinajstić information content (AvgIpc) is 2.81. The third-order valence-corrected chi connectivity index (χ3v) is 5.36. The topological polar surface area (TPSA) is 107 Å². The van der Waals surface area contributed by atoms with Gasteiger partial charge in [-0.2, -0.15) is 31.6 Å². The van der Waals surface area contributed by atoms with E-state index in [0.717, 1.165) is 4.90 Å². The SMILES string of the molecule is N#Cc1cc(C(=O)N2CCN(CC(=O)O)CC2)c(C(F)(F)F)nc1OCc1cc(C(F)(F)F)ccc1F. The number of aliphatic carboxylic acids is 1. The van der Waals surface area contributed by atoms with Crippen molar-refractivity contribution in [2.75, 3.05) is 32.7 Å². The summed E-state index contributed by atoms with van der Waals surface area (Å²) >= 11 is 0. The zero-order valence-corrected chi connectivity index (χ0v) is 18.7. The van der Waals surface area contributed by atoms with Crippen molar-refractivity contribution in [1.82, 2.24) is 14.8 Å². The molecule has 8 nitrogen and oxygen atoms in total. The third kappa shape index (κ3) is 6.64. The van der Waals surface area contributed by atoms with Crippen molar-refractivity contribution in [3.05, 3.63) is 58.0 Å². The average molecular weight is 534 g/mol. The van der Waals surface area contributed by atoms with Crippen LogP contribution >= 0.6 is 0 Å². The van der Waals surface area contributed by atoms with Gasteiger partial charge in [0.05, 0.1) is 17.7 Å². The Balaban J connectivity index is 1.89. The number of piperazine rings is 1. The molecule has 0 atom stereocenters. The van der Waals surface area contributed by atoms with Crippen molar-refractivity contribution in [3.63, 3.8) is 0 Å². The first-order valence-corrected chi connectivity index (χ1v) is 10.4. The smallest absolute Gasteiger partial charge is 0.434 e. The second-order valence-electron chi connectivity index (χ2n) is 7.90. The molecule has 2 aromatic rings. The maximum absolute atomic E-state index is 14.0. The van der Waals surface area contributed by atoms with E-state index in [1.165, 1.54) is 11.0 Å². The molecule has 1 aliphatic rings. The number of hydrogen-bond acceptors (Lipinski definition) is 6. The number of halogens is 7. The summed E-state index contributed by atoms with van der Waals surface area (Å²) in [6.45, 7) is -1.29. The summed E-state index contributed by atoms with van der Waals surface area (Å²) in [7, 11) is 0. The maximum atomic E-state index is 14.0. The number of rotatable bonds is 6. The van der Waals surface area contributed by atoms with Crippen LogP contribution in [0.4, 0.5) is 30.7 Å². The molecule has 3 rings (SSSR count). The number of benzene rings is 1. The minimum Gasteiger partial charge on any atom is -0.480 e. The van der Waals surface area contributed by atoms with Crippen molar-refractivity contribution in [2.45, 2.75) is 19.0 Å². The number of pyridine rings is 1. The van der Waals surface area contributed by atoms with Crippen LogP contribution in [0.2, 0.25) is 0 Å². The number of ether oxygens (including phenoxy) is 1. The van der Waals surface area contributed by atoms with Gasteiger partial charge in [-0.05, 0) is 24.3 Å². The van der Waals surface area contributed by atoms with Crippen LogP contribution in [0.1, 0.15) is 32.7 Å². The lowest BCUT2D eigenvalue weighted by Crippen LogP contribution is -2.50. The normalized spacial score (nSPS) is 14.8. The van der Waals surface area contributed by atoms with Gasteiger partial charge in [-0.15, -0.1) is 0 Å². The van der Waals surface area contributed by atoms with Gasteiger partial charge in [0.1, 0.15) is 24.1 Å². The molecule has 2 heterocycles. The van der Waals surface area contributed by atoms with E-state index in [4.69, 9.17) is 9.84 Å². The van der Waals surface area contributed by atoms with Gasteiger partial charge in [0, 0.05) is 31.7 Å². The number of alkyl halides is 6. The van der Waals surface area contributed by atoms with Crippen LogP contribution in [0.25, 0.3) is 0 Å². The zero-order valence-electron chi connectivity index (χ0n) is 18.7. The van der Waals surface area contributed by atoms with Crippen molar-refractivity contribution >= 4 is 11.9 Å². The lowest BCUT2D eigenvalue weighted by molar-refractivity contribution is -0.142. The highest BCUT2D eigenvalue weighted by molar-refractivity contribution is 5.96. The van der Waals surface area contributed by atoms with Crippen molar-refractivity contribution < 1.29 is 50.2 Å². The molecular formula is C22H17F7N4O4. The second kappa shape index (κ2) is 10.6. The molecule has 1 amide bonds. The molecule has 37 heavy (non-hydrogen) atoms. The summed E-state index contributed by atoms with van der Waals surface area (Å²) < 4.78 is 99.0. The Hall–Kier alpha value is -3.93. The number of aromatic nitrogens is 1. The number of carboxylic acids is 1. The van der Waals surface area contributed by atoms with Gasteiger partial charge in [0.15, 0.2) is 5.69 Å². The summed E-state index contributed by atoms with van der Waals surface area (Å²) in [6.07, 6.45) is -10.0. The quantitative estimate of drug-likeness (QED) is 0.565. The molecule has 0 bridgehead atoms. The van der Waals surface area contributed by atoms with Crippen LogP contribution in [0, 0.1) is 17.1 Å². The molecule has 0 aliphatic carbocycles. The molecule has 198 valence electrons. The largest absolute Gasteiger partial charge is 0.480 e. The number of nitriles is 1. The number of carbonyl (C=O) groups excluding carboxylic acids is 1. The van der Waals surface area contributed by atoms with Gasteiger partial charge < -0.3 is 14.7 Å². The van der Waals surface area contributed by atoms with Crippen LogP contribution in [0.15, 0.2) is 24.3 Å². The van der Waals surface area contributed by atoms with Gasteiger partial charge in [-0.25, -0.2) is 9.37 Å². The lowest BCUT2D eigenvalue weighted by atomic mass is 10.1. The van der Waals surface area contributed by atoms with E-state index in [0.29, 0.717) is 24.3 Å². The molecule has 0 saturated carbocycles. The molecule has 1 saturated heterocycles. The molecule has 1 aromatic heterocycles. The van der Waals surface area contributed by atoms with Gasteiger partial charge in [0.25, 0.3) is 5.91 Å². The summed E-state index contributed by atoms with van der Waals surface area (Å²) in [4.78, 5) is 29.5. The molecular weight excluding hydrogens is 517 g/mol. The summed E-state index contributed by atoms with van der Waals surface area (Å²) in [5.41, 5.74) is -5.17. The van der Waals surface area contributed by atoms with Gasteiger partial charge >= 0.3 is 18.3 Å². The fraction of sp³-hybridized carbons (Fsp3) is 0.364. The Morgan fingerprint density at radius 1 is 1.05 bits per heavy atom. The lowest BCUT2D eigenvalue weighted by Gasteiger charge is -2.34. The highest BCUT2D eigenvalue weighted by atomic mass is 19.4. The standard InChI is InChI=1S/C22H17F7N4O4/c23-16-2-1-14(21(24,25)26)7-13(16)11-37-19-12(9-30)8-15(18(31-19)22(27,28)29)20(36)33-5-3-32(4-6-33)10-17(34)35/h1-2,7-8H,3-6,10-11H2,(H,34,35). The van der Waals surface area contributed by atoms with E-state index in [1.807, 2.05) is 0 Å². The van der Waals surface area contributed by atoms with Crippen LogP contribution in [-0.4, -0.2) is 64.5 Å². The summed E-state index contributed by atoms with van der Waals surface area (Å²) in [6, 6.07) is 3.51. The minimum atomic E-state index is -5.19. The van der Waals surface area contributed by atoms with E-state index in [1.54, 1.807) is 0 Å². The van der Waals surface area contributed by atoms with Crippen LogP contribution in [-0.2, 0) is 23.8 Å². The first-order chi connectivity index (χ1) is 17.2. The van der Waals surface area contributed by atoms with Gasteiger partial charge in [-0.3, -0.25) is 14.5 Å². The highest BCUT2D eigenvalue weighted by Gasteiger charge is 2.40. The number of carbonyl (C=O) groups is 2. The van der Waals surface area contributed by atoms with E-state index in [2.05, 4.69) is 4.98 Å². The molecule has 1 fully saturated rings. The minimum absolute atomic E-state index is 0.0849. The van der Waals surface area contributed by atoms with Crippen molar-refractivity contribution in [1.29, 1.82) is 5.26 Å². The first-order valence-electron chi connectivity index (χ1n) is 10.4. The Kier molecular flexibility index (Phi) is 7.91. The number of nitrogens with zero attached hydrogens (tertiary/aromatic N) is 4. The fourth-order valence-electron chi connectivity index (χ4n) is 3.54. The predicted molar refractivity (Wildman–Crippen MR) is 110 cm³/mol. The Morgan fingerprint density at radius 3 is 2.24 bits per heavy atom. The van der Waals surface area contributed by atoms with E-state index >= 15 is 0 Å². The molecule has 0 unspecified atom stereocenters. The summed E-state index contributed by atoms with van der Waals surface area (Å²) in [5.74, 6) is -4.30. The predicted octanol–water partition coefficient (Wildman–Crippen LogP) is 3.55. The second-order valence-corrected chi connectivity index (χ2v) is 7.90. The molecule has 15 heteroatoms. The number of hydrogen-bond donors (Lipinski definition) is 1. The summed E-state index contributed by atoms with van der Waals surface area (Å²) in [5, 5.41) is 18.2. The molecule has 1 aromatic carbocycles. The third-order valence-electron chi connectivity index (χ3n) is 5.36. The molecule has 0 spiro atoms. The Morgan fingerprint density at radius 2 is 1.70 bits per heavy atom. The molecule has 0 radical (unpaired) electrons. The molecule has 1 aliphatic heterocycles. The van der Waals surface area contributed by atoms with Crippen LogP contribution in [0.3, 0.4) is 0 Å². The fourth-order valence-corrected chi connectivity index (χ4v) is 3.54. The van der Waals surface area contributed by atoms with E-state index < -0.39 is 70.5 Å². The zero-order chi connectivity index (χ0) is 27.5. The Bertz CT molecular complexity index is 1230. The maximum Gasteiger partial charge on any atom is 0.434 e. The molecule has 1 N–H and O–H groups in total. The first kappa shape index (κ1) is 27.7. The van der Waals surface area contributed by atoms with Crippen molar-refractivity contribution in [3.8, 4) is 11.9 Å². The Labute approximate surface area is 204 Å². The van der Waals surface area contributed by atoms with Gasteiger partial charge in [-0.1, -0.05) is 0 Å².